The van der Waals surface area contributed by atoms with E-state index in [4.69, 9.17) is 17.3 Å². The van der Waals surface area contributed by atoms with Crippen molar-refractivity contribution in [3.63, 3.8) is 0 Å². The van der Waals surface area contributed by atoms with E-state index in [1.165, 1.54) is 48.3 Å². The molecule has 326 valence electrons. The highest BCUT2D eigenvalue weighted by molar-refractivity contribution is 6.34. The van der Waals surface area contributed by atoms with Gasteiger partial charge in [0.1, 0.15) is 0 Å². The summed E-state index contributed by atoms with van der Waals surface area (Å²) in [5.41, 5.74) is 5.30. The molecule has 17 nitrogen and oxygen atoms in total. The summed E-state index contributed by atoms with van der Waals surface area (Å²) in [4.78, 5) is 63.9. The van der Waals surface area contributed by atoms with E-state index in [2.05, 4.69) is 31.0 Å². The number of nitrogens with zero attached hydrogens (tertiary/aromatic N) is 8. The largest absolute Gasteiger partial charge is 0.477 e. The molecule has 7 rings (SSSR count). The molecule has 0 spiro atoms. The summed E-state index contributed by atoms with van der Waals surface area (Å²) < 4.78 is 45.5. The van der Waals surface area contributed by atoms with Crippen LogP contribution in [0.2, 0.25) is 5.02 Å². The Balaban J connectivity index is 0.953. The van der Waals surface area contributed by atoms with E-state index >= 15 is 0 Å². The Kier molecular flexibility index (Phi) is 12.7. The number of aromatic nitrogens is 5. The van der Waals surface area contributed by atoms with Crippen LogP contribution in [-0.4, -0.2) is 145 Å². The van der Waals surface area contributed by atoms with Crippen molar-refractivity contribution < 1.29 is 41.9 Å². The minimum atomic E-state index is -4.84. The van der Waals surface area contributed by atoms with E-state index < -0.39 is 23.7 Å². The number of carbonyl (C=O) groups is 4. The second-order valence-electron chi connectivity index (χ2n) is 16.2. The number of carboxylic acids is 1. The third kappa shape index (κ3) is 9.82. The number of amides is 3. The number of quaternary nitrogens is 1. The molecule has 0 saturated carbocycles. The van der Waals surface area contributed by atoms with Crippen LogP contribution in [0.15, 0.2) is 48.9 Å². The second kappa shape index (κ2) is 17.8. The predicted molar refractivity (Wildman–Crippen MR) is 219 cm³/mol. The molecule has 6 N–H and O–H groups in total. The summed E-state index contributed by atoms with van der Waals surface area (Å²) in [7, 11) is 1.41. The Morgan fingerprint density at radius 3 is 2.30 bits per heavy atom. The zero-order valence-electron chi connectivity index (χ0n) is 33.8. The summed E-state index contributed by atoms with van der Waals surface area (Å²) in [5.74, 6) is -1.66. The fourth-order valence-corrected chi connectivity index (χ4v) is 8.52. The first-order valence-corrected chi connectivity index (χ1v) is 20.5. The van der Waals surface area contributed by atoms with E-state index in [-0.39, 0.29) is 69.5 Å². The summed E-state index contributed by atoms with van der Waals surface area (Å²) in [6.45, 7) is 7.54. The van der Waals surface area contributed by atoms with Gasteiger partial charge in [0.05, 0.1) is 59.6 Å². The zero-order chi connectivity index (χ0) is 43.6. The number of nitrogens with one attached hydrogen (secondary N) is 3. The second-order valence-corrected chi connectivity index (χ2v) is 16.6. The molecule has 0 radical (unpaired) electrons. The molecule has 0 aliphatic carbocycles. The Morgan fingerprint density at radius 2 is 1.70 bits per heavy atom. The number of hydrogen-bond donors (Lipinski definition) is 5. The first-order valence-electron chi connectivity index (χ1n) is 20.1. The molecule has 0 bridgehead atoms. The van der Waals surface area contributed by atoms with Gasteiger partial charge in [0, 0.05) is 95.5 Å². The molecule has 3 aromatic heterocycles. The highest BCUT2D eigenvalue weighted by Gasteiger charge is 2.42. The molecule has 0 unspecified atom stereocenters. The first-order chi connectivity index (χ1) is 29.0. The van der Waals surface area contributed by atoms with Crippen LogP contribution >= 0.6 is 11.6 Å². The lowest BCUT2D eigenvalue weighted by Gasteiger charge is -2.46. The number of imidazole rings is 1. The first kappa shape index (κ1) is 43.5. The van der Waals surface area contributed by atoms with E-state index in [0.29, 0.717) is 74.7 Å². The van der Waals surface area contributed by atoms with Crippen LogP contribution in [0.4, 0.5) is 24.5 Å². The molecule has 3 aliphatic rings. The van der Waals surface area contributed by atoms with E-state index in [0.717, 1.165) is 30.5 Å². The lowest BCUT2D eigenvalue weighted by Crippen LogP contribution is -2.62. The molecule has 3 amide bonds. The normalized spacial score (nSPS) is 20.2. The van der Waals surface area contributed by atoms with Gasteiger partial charge in [0.2, 0.25) is 5.91 Å². The number of benzene rings is 1. The van der Waals surface area contributed by atoms with Gasteiger partial charge in [0.15, 0.2) is 23.9 Å². The number of hydrogen-bond acceptors (Lipinski definition) is 10. The van der Waals surface area contributed by atoms with E-state index in [1.54, 1.807) is 15.9 Å². The molecule has 4 aromatic rings. The van der Waals surface area contributed by atoms with Gasteiger partial charge in [-0.15, -0.1) is 0 Å². The quantitative estimate of drug-likeness (QED) is 0.124. The minimum absolute atomic E-state index is 0.0207. The molecule has 1 atom stereocenters. The lowest BCUT2D eigenvalue weighted by atomic mass is 9.90. The molecule has 1 aromatic carbocycles. The molecule has 21 heteroatoms. The third-order valence-corrected chi connectivity index (χ3v) is 11.9. The van der Waals surface area contributed by atoms with Crippen LogP contribution in [-0.2, 0) is 22.8 Å². The number of piperazine rings is 1. The van der Waals surface area contributed by atoms with Gasteiger partial charge >= 0.3 is 12.1 Å². The van der Waals surface area contributed by atoms with Crippen molar-refractivity contribution in [2.24, 2.45) is 24.6 Å². The highest BCUT2D eigenvalue weighted by Crippen LogP contribution is 2.37. The average Bonchev–Trinajstić information content (AvgIpc) is 3.83. The van der Waals surface area contributed by atoms with Gasteiger partial charge in [-0.05, 0) is 37.3 Å². The highest BCUT2D eigenvalue weighted by atomic mass is 35.5. The van der Waals surface area contributed by atoms with Gasteiger partial charge in [-0.25, -0.2) is 19.4 Å². The monoisotopic (exact) mass is 869 g/mol. The number of carbonyl (C=O) groups excluding carboxylic acids is 3. The van der Waals surface area contributed by atoms with Crippen LogP contribution in [0.5, 0.6) is 0 Å². The van der Waals surface area contributed by atoms with E-state index in [9.17, 15) is 37.5 Å². The number of piperidine rings is 1. The summed E-state index contributed by atoms with van der Waals surface area (Å²) >= 11 is 6.56. The third-order valence-electron chi connectivity index (χ3n) is 11.6. The fraction of sp³-hybridized carbons (Fsp3) is 0.475. The molecule has 3 aliphatic heterocycles. The van der Waals surface area contributed by atoms with Crippen molar-refractivity contribution in [1.82, 2.24) is 39.4 Å². The lowest BCUT2D eigenvalue weighted by molar-refractivity contribution is -0.929. The van der Waals surface area contributed by atoms with Crippen molar-refractivity contribution in [3.8, 4) is 17.1 Å². The van der Waals surface area contributed by atoms with Crippen molar-refractivity contribution >= 4 is 46.7 Å². The van der Waals surface area contributed by atoms with Crippen molar-refractivity contribution in [2.75, 3.05) is 82.6 Å². The number of halogens is 4. The van der Waals surface area contributed by atoms with Crippen molar-refractivity contribution in [3.05, 3.63) is 71.0 Å². The minimum Gasteiger partial charge on any atom is -0.477 e. The Bertz CT molecular complexity index is 2260. The summed E-state index contributed by atoms with van der Waals surface area (Å²) in [6.07, 6.45) is 0.191. The Morgan fingerprint density at radius 1 is 1.02 bits per heavy atom. The van der Waals surface area contributed by atoms with Gasteiger partial charge in [-0.2, -0.15) is 18.3 Å². The maximum absolute atomic E-state index is 14.2. The molecule has 61 heavy (non-hydrogen) atoms. The number of rotatable bonds is 13. The maximum Gasteiger partial charge on any atom is 0.435 e. The van der Waals surface area contributed by atoms with Crippen LogP contribution in [0.1, 0.15) is 46.4 Å². The number of pyridine rings is 1. The van der Waals surface area contributed by atoms with E-state index in [1.807, 2.05) is 6.92 Å². The van der Waals surface area contributed by atoms with Gasteiger partial charge in [-0.1, -0.05) is 11.6 Å². The molecule has 3 saturated heterocycles. The van der Waals surface area contributed by atoms with Gasteiger partial charge < -0.3 is 45.6 Å². The Hall–Kier alpha value is -5.57. The SMILES string of the molecule is C[C@H](N)CNc1ccc(-n2cc(-c3cnc(C(=O)Nc4ccc(C(=O)N5CCN(C(=O)C6CC[N+](CC(=O)O)(CC7CNC7)CC6)CC5)c(Cl)c4)n3C)c(C(F)(F)F)n2)nc1. The van der Waals surface area contributed by atoms with Crippen LogP contribution in [0.3, 0.4) is 0 Å². The maximum atomic E-state index is 14.2. The number of alkyl halides is 3. The zero-order valence-corrected chi connectivity index (χ0v) is 34.5. The number of likely N-dealkylation sites (tertiary alicyclic amines) is 1. The average molecular weight is 870 g/mol. The molecule has 3 fully saturated rings. The molecular weight excluding hydrogens is 821 g/mol. The topological polar surface area (TPSA) is 206 Å². The standard InChI is InChI=1S/C40H48ClF3N12O5/c1-24(45)16-47-28-4-6-33(48-19-28)55-21-30(35(51-55)40(42,43)44)32-20-49-36(52(32)2)37(59)50-27-3-5-29(31(41)15-27)39(61)54-11-9-53(10-12-54)38(60)26-7-13-56(14-8-26,23-34(57)58)22-25-17-46-18-25/h3-6,15,19-21,24-26,46-47H,7-14,16-18,22-23,45H2,1-2H3,(H-,50,57,58,59,61)/p+1/t24-,26?,56?/m0/s1. The summed E-state index contributed by atoms with van der Waals surface area (Å²) in [5, 5.41) is 22.4. The number of nitrogens with two attached hydrogens (primary N) is 1. The molecule has 6 heterocycles. The van der Waals surface area contributed by atoms with Crippen LogP contribution < -0.4 is 21.7 Å². The van der Waals surface area contributed by atoms with Crippen molar-refractivity contribution in [1.29, 1.82) is 0 Å². The van der Waals surface area contributed by atoms with Gasteiger partial charge in [-0.3, -0.25) is 14.4 Å². The molecular formula is C40H49ClF3N12O5+. The smallest absolute Gasteiger partial charge is 0.435 e. The number of aliphatic carboxylic acids is 1. The number of carboxylic acid groups (broad SMARTS) is 1. The van der Waals surface area contributed by atoms with Crippen LogP contribution in [0.25, 0.3) is 17.1 Å². The Labute approximate surface area is 354 Å². The number of anilines is 2. The predicted octanol–water partition coefficient (Wildman–Crippen LogP) is 3.17. The summed E-state index contributed by atoms with van der Waals surface area (Å²) in [6, 6.07) is 7.41. The van der Waals surface area contributed by atoms with Crippen LogP contribution in [0, 0.1) is 11.8 Å². The fourth-order valence-electron chi connectivity index (χ4n) is 8.26. The van der Waals surface area contributed by atoms with Crippen molar-refractivity contribution in [2.45, 2.75) is 32.0 Å². The van der Waals surface area contributed by atoms with Gasteiger partial charge in [0.25, 0.3) is 11.8 Å².